The summed E-state index contributed by atoms with van der Waals surface area (Å²) >= 11 is 12.6. The Hall–Kier alpha value is -3.02. The molecule has 0 unspecified atom stereocenters. The first-order valence-electron chi connectivity index (χ1n) is 7.93. The van der Waals surface area contributed by atoms with Gasteiger partial charge < -0.3 is 15.3 Å². The summed E-state index contributed by atoms with van der Waals surface area (Å²) in [7, 11) is 0. The second kappa shape index (κ2) is 6.30. The van der Waals surface area contributed by atoms with Crippen molar-refractivity contribution in [2.75, 3.05) is 5.73 Å². The normalized spacial score (nSPS) is 11.2. The fourth-order valence-corrected chi connectivity index (χ4v) is 3.69. The predicted octanol–water partition coefficient (Wildman–Crippen LogP) is 3.45. The highest BCUT2D eigenvalue weighted by Gasteiger charge is 2.25. The van der Waals surface area contributed by atoms with E-state index in [4.69, 9.17) is 38.8 Å². The van der Waals surface area contributed by atoms with Gasteiger partial charge in [0.25, 0.3) is 0 Å². The van der Waals surface area contributed by atoms with Gasteiger partial charge in [0.15, 0.2) is 5.36 Å². The first-order valence-corrected chi connectivity index (χ1v) is 8.68. The lowest BCUT2D eigenvalue weighted by Crippen LogP contribution is -2.44. The van der Waals surface area contributed by atoms with E-state index < -0.39 is 5.97 Å². The van der Waals surface area contributed by atoms with Gasteiger partial charge in [0.2, 0.25) is 0 Å². The highest BCUT2D eigenvalue weighted by Crippen LogP contribution is 2.45. The zero-order chi connectivity index (χ0) is 19.3. The predicted molar refractivity (Wildman–Crippen MR) is 105 cm³/mol. The van der Waals surface area contributed by atoms with E-state index in [1.165, 1.54) is 6.07 Å². The Labute approximate surface area is 163 Å². The average Bonchev–Trinajstić information content (AvgIpc) is 2.61. The lowest BCUT2D eigenvalue weighted by atomic mass is 9.90. The van der Waals surface area contributed by atoms with Crippen molar-refractivity contribution in [2.45, 2.75) is 0 Å². The molecule has 1 aliphatic heterocycles. The second-order valence-corrected chi connectivity index (χ2v) is 6.89. The number of halogens is 2. The van der Waals surface area contributed by atoms with E-state index in [9.17, 15) is 9.90 Å². The number of nitrogen functional groups attached to an aromatic ring is 1. The van der Waals surface area contributed by atoms with Crippen LogP contribution in [0.25, 0.3) is 33.4 Å². The molecule has 2 aliphatic rings. The lowest BCUT2D eigenvalue weighted by molar-refractivity contribution is -0.172. The molecule has 0 amide bonds. The van der Waals surface area contributed by atoms with Crippen molar-refractivity contribution in [3.8, 4) is 22.5 Å². The summed E-state index contributed by atoms with van der Waals surface area (Å²) in [5.74, 6) is -0.694. The molecule has 0 atom stereocenters. The number of nitrogens with two attached hydrogens (primary N) is 2. The fraction of sp³-hybridized carbons (Fsp3) is 0. The summed E-state index contributed by atoms with van der Waals surface area (Å²) in [5.41, 5.74) is 8.38. The van der Waals surface area contributed by atoms with Crippen LogP contribution in [0.4, 0.5) is 5.69 Å². The molecule has 0 spiro atoms. The number of benzene rings is 3. The van der Waals surface area contributed by atoms with Crippen LogP contribution in [0, 0.1) is 0 Å². The molecule has 2 aromatic rings. The van der Waals surface area contributed by atoms with Crippen LogP contribution in [0.15, 0.2) is 52.9 Å². The monoisotopic (exact) mass is 399 g/mol. The minimum absolute atomic E-state index is 0.0772. The van der Waals surface area contributed by atoms with Gasteiger partial charge in [0.1, 0.15) is 11.3 Å². The molecule has 134 valence electrons. The van der Waals surface area contributed by atoms with E-state index >= 15 is 0 Å². The molecular formula is C20H13Cl2N2O3+. The molecule has 7 heteroatoms. The minimum Gasteiger partial charge on any atom is -0.478 e. The average molecular weight is 400 g/mol. The van der Waals surface area contributed by atoms with E-state index in [0.29, 0.717) is 44.5 Å². The standard InChI is InChI=1S/C20H12Cl2N2O3/c21-13-5-6-14(22)19(20(25)26)18(13)17-11-3-1-9(23)7-15(11)27-16-8-10(24)2-4-12(16)17/h1-8,23H,24H2,(H,25,26)/p+1. The maximum atomic E-state index is 11.9. The number of aromatic carboxylic acids is 1. The maximum Gasteiger partial charge on any atom is 0.337 e. The van der Waals surface area contributed by atoms with Gasteiger partial charge in [-0.15, -0.1) is 0 Å². The maximum absolute atomic E-state index is 11.9. The Bertz CT molecular complexity index is 1260. The summed E-state index contributed by atoms with van der Waals surface area (Å²) in [6, 6.07) is 13.3. The number of carboxylic acids is 1. The molecule has 0 bridgehead atoms. The van der Waals surface area contributed by atoms with Crippen LogP contribution in [0.3, 0.4) is 0 Å². The third-order valence-corrected chi connectivity index (χ3v) is 4.97. The second-order valence-electron chi connectivity index (χ2n) is 6.07. The number of hydrogen-bond donors (Lipinski definition) is 3. The molecule has 0 saturated carbocycles. The third kappa shape index (κ3) is 2.81. The van der Waals surface area contributed by atoms with Crippen molar-refractivity contribution in [1.29, 1.82) is 0 Å². The molecule has 27 heavy (non-hydrogen) atoms. The minimum atomic E-state index is -1.18. The zero-order valence-electron chi connectivity index (χ0n) is 13.8. The van der Waals surface area contributed by atoms with Crippen molar-refractivity contribution in [2.24, 2.45) is 0 Å². The summed E-state index contributed by atoms with van der Waals surface area (Å²) in [4.78, 5) is 11.9. The van der Waals surface area contributed by atoms with Crippen LogP contribution in [0.2, 0.25) is 10.0 Å². The smallest absolute Gasteiger partial charge is 0.337 e. The highest BCUT2D eigenvalue weighted by molar-refractivity contribution is 6.39. The molecule has 1 heterocycles. The van der Waals surface area contributed by atoms with Gasteiger partial charge in [-0.2, -0.15) is 0 Å². The summed E-state index contributed by atoms with van der Waals surface area (Å²) < 4.78 is 5.96. The Morgan fingerprint density at radius 2 is 1.74 bits per heavy atom. The third-order valence-electron chi connectivity index (χ3n) is 4.34. The van der Waals surface area contributed by atoms with E-state index in [1.54, 1.807) is 42.5 Å². The van der Waals surface area contributed by atoms with E-state index in [1.807, 2.05) is 0 Å². The Balaban J connectivity index is 2.28. The molecular weight excluding hydrogens is 387 g/mol. The summed E-state index contributed by atoms with van der Waals surface area (Å²) in [5, 5.41) is 17.2. The van der Waals surface area contributed by atoms with Gasteiger partial charge in [0, 0.05) is 44.9 Å². The van der Waals surface area contributed by atoms with Gasteiger partial charge >= 0.3 is 5.97 Å². The SMILES string of the molecule is Nc1ccc2c(-c3c(Cl)ccc(Cl)c3C(=O)O)c3ccc(=[NH2+])cc-3oc2c1. The van der Waals surface area contributed by atoms with E-state index in [2.05, 4.69) is 0 Å². The van der Waals surface area contributed by atoms with Crippen molar-refractivity contribution in [1.82, 2.24) is 0 Å². The molecule has 5 N–H and O–H groups in total. The van der Waals surface area contributed by atoms with Crippen molar-refractivity contribution < 1.29 is 19.7 Å². The molecule has 2 aromatic carbocycles. The van der Waals surface area contributed by atoms with Gasteiger partial charge in [-0.05, 0) is 30.3 Å². The number of carboxylic acid groups (broad SMARTS) is 1. The summed E-state index contributed by atoms with van der Waals surface area (Å²) in [6.07, 6.45) is 0. The van der Waals surface area contributed by atoms with Crippen LogP contribution >= 0.6 is 23.2 Å². The Kier molecular flexibility index (Phi) is 4.06. The van der Waals surface area contributed by atoms with E-state index in [0.717, 1.165) is 0 Å². The Morgan fingerprint density at radius 3 is 2.48 bits per heavy atom. The number of hydrogen-bond acceptors (Lipinski definition) is 3. The van der Waals surface area contributed by atoms with Gasteiger partial charge in [0.05, 0.1) is 16.7 Å². The van der Waals surface area contributed by atoms with Crippen LogP contribution in [-0.4, -0.2) is 11.1 Å². The number of fused-ring (bicyclic) bond motifs is 2. The first kappa shape index (κ1) is 17.4. The molecule has 0 fully saturated rings. The molecule has 5 nitrogen and oxygen atoms in total. The fourth-order valence-electron chi connectivity index (χ4n) is 3.20. The van der Waals surface area contributed by atoms with Crippen LogP contribution in [0.5, 0.6) is 0 Å². The van der Waals surface area contributed by atoms with Crippen LogP contribution < -0.4 is 16.5 Å². The topological polar surface area (TPSA) is 102 Å². The van der Waals surface area contributed by atoms with Gasteiger partial charge in [-0.1, -0.05) is 23.2 Å². The Morgan fingerprint density at radius 1 is 1.00 bits per heavy atom. The quantitative estimate of drug-likeness (QED) is 0.354. The zero-order valence-corrected chi connectivity index (χ0v) is 15.3. The number of rotatable bonds is 2. The summed E-state index contributed by atoms with van der Waals surface area (Å²) in [6.45, 7) is 0. The molecule has 0 saturated heterocycles. The van der Waals surface area contributed by atoms with Crippen LogP contribution in [-0.2, 0) is 0 Å². The van der Waals surface area contributed by atoms with Gasteiger partial charge in [-0.3, -0.25) is 5.41 Å². The number of anilines is 1. The van der Waals surface area contributed by atoms with E-state index in [-0.39, 0.29) is 15.6 Å². The number of carbonyl (C=O) groups is 1. The molecule has 0 aromatic heterocycles. The first-order chi connectivity index (χ1) is 12.9. The molecule has 1 aliphatic carbocycles. The molecule has 0 radical (unpaired) electrons. The van der Waals surface area contributed by atoms with Crippen LogP contribution in [0.1, 0.15) is 10.4 Å². The highest BCUT2D eigenvalue weighted by atomic mass is 35.5. The molecule has 4 rings (SSSR count). The van der Waals surface area contributed by atoms with Gasteiger partial charge in [-0.25, -0.2) is 4.79 Å². The largest absolute Gasteiger partial charge is 0.478 e. The van der Waals surface area contributed by atoms with Crippen molar-refractivity contribution in [3.63, 3.8) is 0 Å². The van der Waals surface area contributed by atoms with Crippen molar-refractivity contribution in [3.05, 3.63) is 69.5 Å². The lowest BCUT2D eigenvalue weighted by Gasteiger charge is -2.18. The van der Waals surface area contributed by atoms with Crippen molar-refractivity contribution >= 4 is 45.8 Å².